The molecule has 124 heavy (non-hydrogen) atoms. The average molecular weight is 1590 g/mol. The maximum atomic E-state index is 6.96. The minimum absolute atomic E-state index is 0.0500. The second-order valence-electron chi connectivity index (χ2n) is 31.9. The van der Waals surface area contributed by atoms with Gasteiger partial charge in [0, 0.05) is 78.7 Å². The predicted molar refractivity (Wildman–Crippen MR) is 504 cm³/mol. The number of benzene rings is 16. The highest BCUT2D eigenvalue weighted by Gasteiger charge is 2.46. The second-order valence-corrected chi connectivity index (χ2v) is 31.9. The molecule has 4 atom stereocenters. The summed E-state index contributed by atoms with van der Waals surface area (Å²) in [4.78, 5) is 36.2. The van der Waals surface area contributed by atoms with Crippen LogP contribution in [0.15, 0.2) is 433 Å². The Morgan fingerprint density at radius 2 is 0.476 bits per heavy atom. The van der Waals surface area contributed by atoms with Gasteiger partial charge < -0.3 is 18.6 Å². The molecular weight excluding hydrogens is 1510 g/mol. The van der Waals surface area contributed by atoms with Crippen LogP contribution in [0.3, 0.4) is 0 Å². The van der Waals surface area contributed by atoms with Gasteiger partial charge >= 0.3 is 0 Å². The van der Waals surface area contributed by atoms with Crippen molar-refractivity contribution in [2.24, 2.45) is 0 Å². The summed E-state index contributed by atoms with van der Waals surface area (Å²) in [6.07, 6.45) is 8.94. The Bertz CT molecular complexity index is 7300. The second kappa shape index (κ2) is 31.1. The van der Waals surface area contributed by atoms with Crippen LogP contribution in [0.1, 0.15) is 45.6 Å². The van der Waals surface area contributed by atoms with Crippen LogP contribution in [0.4, 0.5) is 22.7 Å². The zero-order valence-corrected chi connectivity index (χ0v) is 67.3. The highest BCUT2D eigenvalue weighted by atomic mass is 16.3. The van der Waals surface area contributed by atoms with Crippen LogP contribution in [0, 0.1) is 0 Å². The summed E-state index contributed by atoms with van der Waals surface area (Å²) in [6.45, 7) is 0. The Balaban J connectivity index is 0.000000143. The van der Waals surface area contributed by atoms with Crippen molar-refractivity contribution in [2.75, 3.05) is 9.80 Å². The van der Waals surface area contributed by atoms with Gasteiger partial charge in [0.05, 0.1) is 23.2 Å². The van der Waals surface area contributed by atoms with E-state index in [0.717, 1.165) is 123 Å². The van der Waals surface area contributed by atoms with Crippen molar-refractivity contribution < 1.29 is 8.83 Å². The van der Waals surface area contributed by atoms with Crippen LogP contribution in [-0.4, -0.2) is 42.0 Å². The summed E-state index contributed by atoms with van der Waals surface area (Å²) in [5.74, 6) is 5.35. The van der Waals surface area contributed by atoms with Gasteiger partial charge in [-0.3, -0.25) is 0 Å². The average Bonchev–Trinajstić information content (AvgIpc) is 1.56. The minimum atomic E-state index is 0.0500. The number of hydrogen-bond acceptors (Lipinski definition) is 10. The molecule has 4 unspecified atom stereocenters. The number of para-hydroxylation sites is 4. The van der Waals surface area contributed by atoms with E-state index in [-0.39, 0.29) is 23.9 Å². The summed E-state index contributed by atoms with van der Waals surface area (Å²) in [5, 5.41) is 2.13. The Morgan fingerprint density at radius 3 is 0.839 bits per heavy atom. The number of nitrogens with zero attached hydrogens (tertiary/aromatic N) is 8. The van der Waals surface area contributed by atoms with Gasteiger partial charge in [-0.2, -0.15) is 0 Å². The van der Waals surface area contributed by atoms with Crippen molar-refractivity contribution in [1.29, 1.82) is 0 Å². The summed E-state index contributed by atoms with van der Waals surface area (Å²) < 4.78 is 13.9. The third-order valence-electron chi connectivity index (χ3n) is 24.6. The third kappa shape index (κ3) is 13.3. The topological polar surface area (TPSA) is 110 Å². The lowest BCUT2D eigenvalue weighted by atomic mass is 9.82. The van der Waals surface area contributed by atoms with Gasteiger partial charge in [-0.15, -0.1) is 0 Å². The zero-order chi connectivity index (χ0) is 82.0. The molecule has 4 aromatic heterocycles. The molecule has 20 aromatic rings. The van der Waals surface area contributed by atoms with E-state index in [9.17, 15) is 0 Å². The normalized spacial score (nSPS) is 15.0. The predicted octanol–water partition coefficient (Wildman–Crippen LogP) is 28.6. The molecule has 0 N–H and O–H groups in total. The molecule has 0 radical (unpaired) electrons. The molecule has 0 saturated heterocycles. The van der Waals surface area contributed by atoms with Gasteiger partial charge in [-0.25, -0.2) is 29.9 Å². The smallest absolute Gasteiger partial charge is 0.167 e. The first-order valence-electron chi connectivity index (χ1n) is 42.2. The summed E-state index contributed by atoms with van der Waals surface area (Å²) >= 11 is 0. The molecule has 4 aliphatic rings. The largest absolute Gasteiger partial charge is 0.456 e. The quantitative estimate of drug-likeness (QED) is 0.104. The summed E-state index contributed by atoms with van der Waals surface area (Å²) in [7, 11) is 0. The van der Waals surface area contributed by atoms with Crippen LogP contribution >= 0.6 is 0 Å². The van der Waals surface area contributed by atoms with E-state index in [0.29, 0.717) is 34.9 Å². The molecule has 0 fully saturated rings. The maximum absolute atomic E-state index is 6.96. The molecule has 0 amide bonds. The monoisotopic (exact) mass is 1590 g/mol. The highest BCUT2D eigenvalue weighted by Crippen LogP contribution is 2.57. The van der Waals surface area contributed by atoms with Crippen molar-refractivity contribution in [2.45, 2.75) is 23.9 Å². The van der Waals surface area contributed by atoms with Crippen LogP contribution in [0.25, 0.3) is 169 Å². The van der Waals surface area contributed by atoms with Crippen molar-refractivity contribution in [3.05, 3.63) is 458 Å². The number of furan rings is 2. The first kappa shape index (κ1) is 72.9. The van der Waals surface area contributed by atoms with Crippen LogP contribution in [0.5, 0.6) is 0 Å². The van der Waals surface area contributed by atoms with E-state index in [1.807, 2.05) is 24.3 Å². The lowest BCUT2D eigenvalue weighted by molar-refractivity contribution is 0.584. The number of fused-ring (bicyclic) bond motifs is 14. The molecule has 2 aliphatic carbocycles. The minimum Gasteiger partial charge on any atom is -0.456 e. The first-order chi connectivity index (χ1) is 61.5. The molecule has 2 aliphatic heterocycles. The summed E-state index contributed by atoms with van der Waals surface area (Å²) in [6, 6.07) is 145. The molecule has 10 nitrogen and oxygen atoms in total. The summed E-state index contributed by atoms with van der Waals surface area (Å²) in [5.41, 5.74) is 30.3. The zero-order valence-electron chi connectivity index (χ0n) is 67.3. The molecule has 24 rings (SSSR count). The maximum Gasteiger partial charge on any atom is 0.167 e. The standard InChI is InChI=1S/2C57H38N4O/c1-4-16-37(17-5-1)40-22-12-25-43(34-40)55-58-56(44-26-13-23-41(35-44)38-18-6-2-7-19-38)60-57(59-55)48-30-15-29-47-53-51(62-54(47)48)33-32-50-52(53)46-28-10-11-31-49(46)61(50)45-27-14-24-42(36-45)39-20-8-3-9-21-39;1-4-14-37(15-5-1)40-26-30-42(31-27-40)55-58-56(43-32-28-41(29-33-43)38-16-6-2-7-17-38)60-57(59-55)48-24-13-23-47-53-51(62-54(47)48)35-34-50-52(53)46-22-10-11-25-49(46)61(50)45-21-12-20-44(36-45)39-18-8-3-9-19-39/h2*1-36,50,52H. The number of rotatable bonds is 14. The Hall–Kier alpha value is -16.3. The van der Waals surface area contributed by atoms with Crippen molar-refractivity contribution in [3.63, 3.8) is 0 Å². The van der Waals surface area contributed by atoms with Crippen molar-refractivity contribution in [3.8, 4) is 135 Å². The first-order valence-corrected chi connectivity index (χ1v) is 42.2. The third-order valence-corrected chi connectivity index (χ3v) is 24.6. The Morgan fingerprint density at radius 1 is 0.210 bits per heavy atom. The van der Waals surface area contributed by atoms with Gasteiger partial charge in [-0.1, -0.05) is 364 Å². The molecular formula is C114H76N8O2. The van der Waals surface area contributed by atoms with E-state index >= 15 is 0 Å². The van der Waals surface area contributed by atoms with Crippen LogP contribution in [0.2, 0.25) is 0 Å². The Kier molecular flexibility index (Phi) is 18.3. The van der Waals surface area contributed by atoms with E-state index in [1.54, 1.807) is 0 Å². The number of hydrogen-bond donors (Lipinski definition) is 0. The lowest BCUT2D eigenvalue weighted by Crippen LogP contribution is -2.30. The van der Waals surface area contributed by atoms with Gasteiger partial charge in [0.2, 0.25) is 0 Å². The Labute approximate surface area is 718 Å². The number of aromatic nitrogens is 6. The molecule has 584 valence electrons. The van der Waals surface area contributed by atoms with Crippen molar-refractivity contribution >= 4 is 56.8 Å². The fourth-order valence-electron chi connectivity index (χ4n) is 18.8. The molecule has 16 aromatic carbocycles. The number of anilines is 4. The van der Waals surface area contributed by atoms with Gasteiger partial charge in [0.1, 0.15) is 22.7 Å². The highest BCUT2D eigenvalue weighted by molar-refractivity contribution is 6.00. The fraction of sp³-hybridized carbons (Fsp3) is 0.0351. The van der Waals surface area contributed by atoms with Crippen LogP contribution < -0.4 is 9.80 Å². The SMILES string of the molecule is C1=CC2C(c3ccccc3N2c2cccc(-c3ccccc3)c2)c2c1oc1c(-c3nc(-c4ccc(-c5ccccc5)cc4)nc(-c4ccc(-c5ccccc5)cc4)n3)cccc21.C1=CC2C(c3ccccc3N2c2cccc(-c3ccccc3)c2)c2c1oc1c(-c3nc(-c4cccc(-c5ccccc5)c4)nc(-c4cccc(-c5ccccc5)c4)n3)cccc21. The molecule has 0 saturated carbocycles. The van der Waals surface area contributed by atoms with E-state index in [2.05, 4.69) is 422 Å². The fourth-order valence-corrected chi connectivity index (χ4v) is 18.8. The van der Waals surface area contributed by atoms with Gasteiger partial charge in [0.25, 0.3) is 0 Å². The molecule has 0 bridgehead atoms. The van der Waals surface area contributed by atoms with Crippen LogP contribution in [-0.2, 0) is 0 Å². The molecule has 0 spiro atoms. The molecule has 6 heterocycles. The molecule has 10 heteroatoms. The lowest BCUT2D eigenvalue weighted by Gasteiger charge is -2.30. The van der Waals surface area contributed by atoms with E-state index in [4.69, 9.17) is 38.7 Å². The van der Waals surface area contributed by atoms with E-state index in [1.165, 1.54) is 55.9 Å². The van der Waals surface area contributed by atoms with Gasteiger partial charge in [0.15, 0.2) is 34.9 Å². The van der Waals surface area contributed by atoms with E-state index < -0.39 is 0 Å². The van der Waals surface area contributed by atoms with Gasteiger partial charge in [-0.05, 0) is 151 Å². The van der Waals surface area contributed by atoms with Crippen molar-refractivity contribution in [1.82, 2.24) is 29.9 Å².